The molecule has 0 saturated carbocycles. The molecule has 120 valence electrons. The fraction of sp³-hybridized carbons (Fsp3) is 0.500. The molecular weight excluding hydrogens is 286 g/mol. The Morgan fingerprint density at radius 3 is 2.64 bits per heavy atom. The number of nitrogens with zero attached hydrogens (tertiary/aromatic N) is 1. The zero-order chi connectivity index (χ0) is 16.1. The van der Waals surface area contributed by atoms with Gasteiger partial charge in [-0.15, -0.1) is 0 Å². The quantitative estimate of drug-likeness (QED) is 0.866. The summed E-state index contributed by atoms with van der Waals surface area (Å²) in [7, 11) is 3.13. The van der Waals surface area contributed by atoms with Crippen molar-refractivity contribution in [1.29, 1.82) is 0 Å². The SMILES string of the molecule is COc1ccc(CCC(=O)N2CCC[C@H]2C(=O)O)cc1OC. The summed E-state index contributed by atoms with van der Waals surface area (Å²) in [6.07, 6.45) is 2.12. The molecule has 6 heteroatoms. The summed E-state index contributed by atoms with van der Waals surface area (Å²) in [4.78, 5) is 24.8. The van der Waals surface area contributed by atoms with Crippen molar-refractivity contribution in [2.75, 3.05) is 20.8 Å². The third kappa shape index (κ3) is 3.50. The van der Waals surface area contributed by atoms with Gasteiger partial charge in [-0.05, 0) is 37.0 Å². The molecule has 1 saturated heterocycles. The van der Waals surface area contributed by atoms with Gasteiger partial charge in [0.1, 0.15) is 6.04 Å². The predicted octanol–water partition coefficient (Wildman–Crippen LogP) is 1.71. The molecule has 6 nitrogen and oxygen atoms in total. The summed E-state index contributed by atoms with van der Waals surface area (Å²) in [5.74, 6) is 0.233. The highest BCUT2D eigenvalue weighted by atomic mass is 16.5. The van der Waals surface area contributed by atoms with E-state index in [-0.39, 0.29) is 5.91 Å². The normalized spacial score (nSPS) is 17.4. The van der Waals surface area contributed by atoms with Crippen LogP contribution in [0.4, 0.5) is 0 Å². The number of benzene rings is 1. The van der Waals surface area contributed by atoms with Crippen molar-refractivity contribution >= 4 is 11.9 Å². The second-order valence-electron chi connectivity index (χ2n) is 5.27. The van der Waals surface area contributed by atoms with Crippen molar-refractivity contribution in [3.05, 3.63) is 23.8 Å². The van der Waals surface area contributed by atoms with Crippen molar-refractivity contribution < 1.29 is 24.2 Å². The van der Waals surface area contributed by atoms with Crippen LogP contribution in [-0.4, -0.2) is 48.7 Å². The number of aliphatic carboxylic acids is 1. The largest absolute Gasteiger partial charge is 0.493 e. The van der Waals surface area contributed by atoms with Crippen LogP contribution < -0.4 is 9.47 Å². The maximum atomic E-state index is 12.2. The van der Waals surface area contributed by atoms with Crippen LogP contribution in [-0.2, 0) is 16.0 Å². The van der Waals surface area contributed by atoms with Crippen molar-refractivity contribution in [3.8, 4) is 11.5 Å². The number of carboxylic acid groups (broad SMARTS) is 1. The lowest BCUT2D eigenvalue weighted by atomic mass is 10.1. The van der Waals surface area contributed by atoms with Crippen molar-refractivity contribution in [2.45, 2.75) is 31.7 Å². The van der Waals surface area contributed by atoms with Crippen LogP contribution in [0.1, 0.15) is 24.8 Å². The van der Waals surface area contributed by atoms with E-state index >= 15 is 0 Å². The van der Waals surface area contributed by atoms with E-state index in [1.165, 1.54) is 4.90 Å². The summed E-state index contributed by atoms with van der Waals surface area (Å²) in [6, 6.07) is 4.85. The Labute approximate surface area is 129 Å². The zero-order valence-electron chi connectivity index (χ0n) is 12.9. The van der Waals surface area contributed by atoms with Gasteiger partial charge in [0.25, 0.3) is 0 Å². The zero-order valence-corrected chi connectivity index (χ0v) is 12.9. The third-order valence-electron chi connectivity index (χ3n) is 3.93. The minimum absolute atomic E-state index is 0.111. The fourth-order valence-corrected chi connectivity index (χ4v) is 2.75. The average molecular weight is 307 g/mol. The second kappa shape index (κ2) is 7.15. The van der Waals surface area contributed by atoms with Gasteiger partial charge in [0.15, 0.2) is 11.5 Å². The molecule has 1 aromatic rings. The number of methoxy groups -OCH3 is 2. The van der Waals surface area contributed by atoms with Crippen LogP contribution in [0.3, 0.4) is 0 Å². The van der Waals surface area contributed by atoms with Crippen LogP contribution in [0.5, 0.6) is 11.5 Å². The Kier molecular flexibility index (Phi) is 5.25. The maximum Gasteiger partial charge on any atom is 0.326 e. The van der Waals surface area contributed by atoms with E-state index < -0.39 is 12.0 Å². The fourth-order valence-electron chi connectivity index (χ4n) is 2.75. The topological polar surface area (TPSA) is 76.1 Å². The number of rotatable bonds is 6. The Morgan fingerprint density at radius 2 is 2.00 bits per heavy atom. The van der Waals surface area contributed by atoms with Gasteiger partial charge in [0, 0.05) is 13.0 Å². The first-order chi connectivity index (χ1) is 10.6. The summed E-state index contributed by atoms with van der Waals surface area (Å²) < 4.78 is 10.4. The van der Waals surface area contributed by atoms with Crippen molar-refractivity contribution in [2.24, 2.45) is 0 Å². The summed E-state index contributed by atoms with van der Waals surface area (Å²) >= 11 is 0. The molecule has 22 heavy (non-hydrogen) atoms. The van der Waals surface area contributed by atoms with Gasteiger partial charge in [-0.3, -0.25) is 4.79 Å². The number of carbonyl (C=O) groups is 2. The standard InChI is InChI=1S/C16H21NO5/c1-21-13-7-5-11(10-14(13)22-2)6-8-15(18)17-9-3-4-12(17)16(19)20/h5,7,10,12H,3-4,6,8-9H2,1-2H3,(H,19,20)/t12-/m0/s1. The molecule has 0 spiro atoms. The third-order valence-corrected chi connectivity index (χ3v) is 3.93. The molecule has 0 radical (unpaired) electrons. The van der Waals surface area contributed by atoms with Crippen LogP contribution in [0.25, 0.3) is 0 Å². The Bertz CT molecular complexity index is 557. The van der Waals surface area contributed by atoms with Crippen molar-refractivity contribution in [3.63, 3.8) is 0 Å². The van der Waals surface area contributed by atoms with Crippen LogP contribution in [0, 0.1) is 0 Å². The summed E-state index contributed by atoms with van der Waals surface area (Å²) in [5.41, 5.74) is 0.956. The van der Waals surface area contributed by atoms with Crippen LogP contribution in [0.2, 0.25) is 0 Å². The highest BCUT2D eigenvalue weighted by Gasteiger charge is 2.33. The van der Waals surface area contributed by atoms with E-state index in [1.54, 1.807) is 20.3 Å². The van der Waals surface area contributed by atoms with Gasteiger partial charge in [-0.1, -0.05) is 6.07 Å². The molecule has 1 aromatic carbocycles. The second-order valence-corrected chi connectivity index (χ2v) is 5.27. The van der Waals surface area contributed by atoms with Crippen molar-refractivity contribution in [1.82, 2.24) is 4.90 Å². The van der Waals surface area contributed by atoms with Crippen LogP contribution in [0.15, 0.2) is 18.2 Å². The first-order valence-corrected chi connectivity index (χ1v) is 7.30. The summed E-state index contributed by atoms with van der Waals surface area (Å²) in [6.45, 7) is 0.529. The number of carbonyl (C=O) groups excluding carboxylic acids is 1. The Hall–Kier alpha value is -2.24. The summed E-state index contributed by atoms with van der Waals surface area (Å²) in [5, 5.41) is 9.12. The number of aryl methyl sites for hydroxylation is 1. The van der Waals surface area contributed by atoms with Gasteiger partial charge < -0.3 is 19.5 Å². The minimum Gasteiger partial charge on any atom is -0.493 e. The van der Waals surface area contributed by atoms with E-state index in [2.05, 4.69) is 0 Å². The molecular formula is C16H21NO5. The number of hydrogen-bond acceptors (Lipinski definition) is 4. The van der Waals surface area contributed by atoms with Gasteiger partial charge in [-0.25, -0.2) is 4.79 Å². The number of carboxylic acids is 1. The number of hydrogen-bond donors (Lipinski definition) is 1. The molecule has 0 aliphatic carbocycles. The average Bonchev–Trinajstić information content (AvgIpc) is 3.02. The van der Waals surface area contributed by atoms with E-state index in [1.807, 2.05) is 12.1 Å². The maximum absolute atomic E-state index is 12.2. The number of ether oxygens (including phenoxy) is 2. The first-order valence-electron chi connectivity index (χ1n) is 7.30. The Balaban J connectivity index is 1.98. The van der Waals surface area contributed by atoms with Crippen LogP contribution >= 0.6 is 0 Å². The molecule has 1 aliphatic heterocycles. The van der Waals surface area contributed by atoms with Gasteiger partial charge in [-0.2, -0.15) is 0 Å². The Morgan fingerprint density at radius 1 is 1.27 bits per heavy atom. The van der Waals surface area contributed by atoms with E-state index in [4.69, 9.17) is 14.6 Å². The van der Waals surface area contributed by atoms with E-state index in [9.17, 15) is 9.59 Å². The molecule has 2 rings (SSSR count). The molecule has 1 N–H and O–H groups in total. The smallest absolute Gasteiger partial charge is 0.326 e. The highest BCUT2D eigenvalue weighted by Crippen LogP contribution is 2.28. The first kappa shape index (κ1) is 16.1. The van der Waals surface area contributed by atoms with Gasteiger partial charge in [0.2, 0.25) is 5.91 Å². The lowest BCUT2D eigenvalue weighted by molar-refractivity contribution is -0.148. The lowest BCUT2D eigenvalue weighted by Crippen LogP contribution is -2.40. The molecule has 1 fully saturated rings. The van der Waals surface area contributed by atoms with E-state index in [0.717, 1.165) is 12.0 Å². The molecule has 0 aromatic heterocycles. The predicted molar refractivity (Wildman–Crippen MR) is 80.2 cm³/mol. The highest BCUT2D eigenvalue weighted by molar-refractivity contribution is 5.84. The lowest BCUT2D eigenvalue weighted by Gasteiger charge is -2.21. The molecule has 1 amide bonds. The number of amides is 1. The minimum atomic E-state index is -0.919. The molecule has 1 heterocycles. The van der Waals surface area contributed by atoms with Gasteiger partial charge >= 0.3 is 5.97 Å². The van der Waals surface area contributed by atoms with Gasteiger partial charge in [0.05, 0.1) is 14.2 Å². The molecule has 0 bridgehead atoms. The molecule has 1 aliphatic rings. The molecule has 1 atom stereocenters. The molecule has 0 unspecified atom stereocenters. The van der Waals surface area contributed by atoms with E-state index in [0.29, 0.717) is 37.3 Å². The monoisotopic (exact) mass is 307 g/mol. The number of likely N-dealkylation sites (tertiary alicyclic amines) is 1.